The fourth-order valence-corrected chi connectivity index (χ4v) is 2.76. The maximum atomic E-state index is 12.6. The van der Waals surface area contributed by atoms with Crippen LogP contribution >= 0.6 is 11.3 Å². The highest BCUT2D eigenvalue weighted by Crippen LogP contribution is 2.26. The van der Waals surface area contributed by atoms with Crippen LogP contribution in [0, 0.1) is 0 Å². The molecule has 0 bridgehead atoms. The number of rotatable bonds is 7. The Labute approximate surface area is 122 Å². The van der Waals surface area contributed by atoms with Crippen LogP contribution in [-0.4, -0.2) is 31.3 Å². The zero-order chi connectivity index (χ0) is 15.5. The van der Waals surface area contributed by atoms with Crippen molar-refractivity contribution in [2.45, 2.75) is 18.8 Å². The fourth-order valence-electron chi connectivity index (χ4n) is 1.80. The number of carbonyl (C=O) groups excluding carboxylic acids is 1. The number of fused-ring (bicyclic) bond motifs is 1. The predicted molar refractivity (Wildman–Crippen MR) is 72.3 cm³/mol. The first kappa shape index (κ1) is 15.9. The van der Waals surface area contributed by atoms with Gasteiger partial charge in [0.1, 0.15) is 13.2 Å². The van der Waals surface area contributed by atoms with Gasteiger partial charge in [0.15, 0.2) is 5.78 Å². The van der Waals surface area contributed by atoms with Crippen molar-refractivity contribution in [3.8, 4) is 0 Å². The van der Waals surface area contributed by atoms with E-state index >= 15 is 0 Å². The lowest BCUT2D eigenvalue weighted by Crippen LogP contribution is -2.33. The highest BCUT2D eigenvalue weighted by atomic mass is 32.1. The van der Waals surface area contributed by atoms with Crippen molar-refractivity contribution in [1.82, 2.24) is 0 Å². The van der Waals surface area contributed by atoms with Gasteiger partial charge in [-0.2, -0.15) is 8.78 Å². The van der Waals surface area contributed by atoms with Crippen LogP contribution < -0.4 is 0 Å². The second kappa shape index (κ2) is 6.53. The van der Waals surface area contributed by atoms with Crippen LogP contribution in [0.1, 0.15) is 5.56 Å². The topological polar surface area (TPSA) is 26.3 Å². The summed E-state index contributed by atoms with van der Waals surface area (Å²) in [6, 6.07) is 7.48. The standard InChI is InChI=1S/C14H12F4O2S/c15-13(16)14(17,18)8-20-6-10(19)5-9-7-21-12-4-2-1-3-11(9)12/h1-4,7,13H,5-6,8H2. The summed E-state index contributed by atoms with van der Waals surface area (Å²) in [5.41, 5.74) is 0.782. The van der Waals surface area contributed by atoms with Crippen LogP contribution in [0.4, 0.5) is 17.6 Å². The van der Waals surface area contributed by atoms with E-state index in [9.17, 15) is 22.4 Å². The summed E-state index contributed by atoms with van der Waals surface area (Å²) in [5.74, 6) is -4.65. The van der Waals surface area contributed by atoms with E-state index < -0.39 is 31.3 Å². The molecular weight excluding hydrogens is 308 g/mol. The predicted octanol–water partition coefficient (Wildman–Crippen LogP) is 3.93. The quantitative estimate of drug-likeness (QED) is 0.723. The summed E-state index contributed by atoms with van der Waals surface area (Å²) >= 11 is 1.48. The lowest BCUT2D eigenvalue weighted by atomic mass is 10.1. The zero-order valence-electron chi connectivity index (χ0n) is 10.8. The highest BCUT2D eigenvalue weighted by Gasteiger charge is 2.41. The van der Waals surface area contributed by atoms with E-state index in [0.717, 1.165) is 15.6 Å². The Morgan fingerprint density at radius 3 is 2.71 bits per heavy atom. The van der Waals surface area contributed by atoms with Gasteiger partial charge in [-0.15, -0.1) is 11.3 Å². The molecule has 0 aliphatic rings. The average molecular weight is 320 g/mol. The molecule has 0 saturated carbocycles. The van der Waals surface area contributed by atoms with Crippen LogP contribution in [0.25, 0.3) is 10.1 Å². The van der Waals surface area contributed by atoms with E-state index in [-0.39, 0.29) is 6.42 Å². The second-order valence-electron chi connectivity index (χ2n) is 4.53. The van der Waals surface area contributed by atoms with Gasteiger partial charge in [-0.05, 0) is 22.4 Å². The molecule has 0 N–H and O–H groups in total. The van der Waals surface area contributed by atoms with Crippen molar-refractivity contribution in [3.05, 3.63) is 35.2 Å². The minimum atomic E-state index is -4.23. The van der Waals surface area contributed by atoms with Crippen molar-refractivity contribution in [2.75, 3.05) is 13.2 Å². The molecule has 114 valence electrons. The number of hydrogen-bond acceptors (Lipinski definition) is 3. The molecule has 0 saturated heterocycles. The Morgan fingerprint density at radius 2 is 2.00 bits per heavy atom. The maximum absolute atomic E-state index is 12.6. The van der Waals surface area contributed by atoms with Crippen LogP contribution in [0.15, 0.2) is 29.6 Å². The Kier molecular flexibility index (Phi) is 4.95. The largest absolute Gasteiger partial charge is 0.367 e. The fraction of sp³-hybridized carbons (Fsp3) is 0.357. The molecule has 2 nitrogen and oxygen atoms in total. The Hall–Kier alpha value is -1.47. The summed E-state index contributed by atoms with van der Waals surface area (Å²) in [6.45, 7) is -2.06. The smallest absolute Gasteiger partial charge is 0.330 e. The van der Waals surface area contributed by atoms with Gasteiger partial charge in [-0.3, -0.25) is 4.79 Å². The molecule has 1 heterocycles. The number of alkyl halides is 4. The molecule has 21 heavy (non-hydrogen) atoms. The van der Waals surface area contributed by atoms with Gasteiger partial charge >= 0.3 is 12.3 Å². The number of halogens is 4. The van der Waals surface area contributed by atoms with Crippen LogP contribution in [0.2, 0.25) is 0 Å². The summed E-state index contributed by atoms with van der Waals surface area (Å²) in [7, 11) is 0. The lowest BCUT2D eigenvalue weighted by molar-refractivity contribution is -0.168. The van der Waals surface area contributed by atoms with E-state index in [1.54, 1.807) is 0 Å². The van der Waals surface area contributed by atoms with Gasteiger partial charge in [0.25, 0.3) is 0 Å². The van der Waals surface area contributed by atoms with Gasteiger partial charge in [0.2, 0.25) is 0 Å². The first-order valence-corrected chi connectivity index (χ1v) is 6.98. The minimum Gasteiger partial charge on any atom is -0.367 e. The molecule has 0 aliphatic heterocycles. The molecule has 0 radical (unpaired) electrons. The average Bonchev–Trinajstić information content (AvgIpc) is 2.82. The second-order valence-corrected chi connectivity index (χ2v) is 5.44. The number of hydrogen-bond donors (Lipinski definition) is 0. The molecule has 0 fully saturated rings. The minimum absolute atomic E-state index is 0.0320. The molecule has 2 rings (SSSR count). The van der Waals surface area contributed by atoms with E-state index in [1.807, 2.05) is 29.6 Å². The number of Topliss-reactive ketones (excluding diaryl/α,β-unsaturated/α-hetero) is 1. The number of benzene rings is 1. The third kappa shape index (κ3) is 4.01. The summed E-state index contributed by atoms with van der Waals surface area (Å²) in [5, 5.41) is 2.74. The lowest BCUT2D eigenvalue weighted by Gasteiger charge is -2.14. The molecule has 0 spiro atoms. The molecule has 7 heteroatoms. The summed E-state index contributed by atoms with van der Waals surface area (Å²) < 4.78 is 54.4. The molecule has 1 aromatic carbocycles. The van der Waals surface area contributed by atoms with E-state index in [2.05, 4.69) is 4.74 Å². The van der Waals surface area contributed by atoms with E-state index in [1.165, 1.54) is 11.3 Å². The van der Waals surface area contributed by atoms with Gasteiger partial charge in [-0.25, -0.2) is 8.78 Å². The third-order valence-corrected chi connectivity index (χ3v) is 3.84. The maximum Gasteiger partial charge on any atom is 0.330 e. The monoisotopic (exact) mass is 320 g/mol. The molecular formula is C14H12F4O2S. The molecule has 0 unspecified atom stereocenters. The van der Waals surface area contributed by atoms with Crippen molar-refractivity contribution in [3.63, 3.8) is 0 Å². The zero-order valence-corrected chi connectivity index (χ0v) is 11.6. The third-order valence-electron chi connectivity index (χ3n) is 2.83. The molecule has 2 aromatic rings. The highest BCUT2D eigenvalue weighted by molar-refractivity contribution is 7.17. The van der Waals surface area contributed by atoms with Crippen LogP contribution in [-0.2, 0) is 16.0 Å². The van der Waals surface area contributed by atoms with Crippen LogP contribution in [0.3, 0.4) is 0 Å². The first-order valence-electron chi connectivity index (χ1n) is 6.10. The van der Waals surface area contributed by atoms with Crippen molar-refractivity contribution in [1.29, 1.82) is 0 Å². The SMILES string of the molecule is O=C(COCC(F)(F)C(F)F)Cc1csc2ccccc12. The van der Waals surface area contributed by atoms with Gasteiger partial charge in [0, 0.05) is 11.1 Å². The first-order chi connectivity index (χ1) is 9.90. The Balaban J connectivity index is 1.88. The molecule has 0 amide bonds. The number of carbonyl (C=O) groups is 1. The number of ether oxygens (including phenoxy) is 1. The Bertz CT molecular complexity index is 624. The van der Waals surface area contributed by atoms with E-state index in [0.29, 0.717) is 0 Å². The van der Waals surface area contributed by atoms with Gasteiger partial charge < -0.3 is 4.74 Å². The molecule has 0 aliphatic carbocycles. The van der Waals surface area contributed by atoms with E-state index in [4.69, 9.17) is 0 Å². The van der Waals surface area contributed by atoms with Crippen LogP contribution in [0.5, 0.6) is 0 Å². The van der Waals surface area contributed by atoms with Crippen molar-refractivity contribution < 1.29 is 27.1 Å². The van der Waals surface area contributed by atoms with Gasteiger partial charge in [0.05, 0.1) is 0 Å². The molecule has 1 aromatic heterocycles. The van der Waals surface area contributed by atoms with Gasteiger partial charge in [-0.1, -0.05) is 18.2 Å². The number of ketones is 1. The number of thiophene rings is 1. The summed E-state index contributed by atoms with van der Waals surface area (Å²) in [4.78, 5) is 11.7. The van der Waals surface area contributed by atoms with Crippen molar-refractivity contribution in [2.24, 2.45) is 0 Å². The van der Waals surface area contributed by atoms with Crippen molar-refractivity contribution >= 4 is 27.2 Å². The molecule has 0 atom stereocenters. The Morgan fingerprint density at radius 1 is 1.29 bits per heavy atom. The summed E-state index contributed by atoms with van der Waals surface area (Å²) in [6.07, 6.45) is -3.77. The normalized spacial score (nSPS) is 12.2.